The van der Waals surface area contributed by atoms with Crippen LogP contribution in [0.3, 0.4) is 0 Å². The number of rotatable bonds is 0. The van der Waals surface area contributed by atoms with Crippen molar-refractivity contribution < 1.29 is 131 Å². The first-order valence-electron chi connectivity index (χ1n) is 9.89. The molecule has 0 spiro atoms. The first kappa shape index (κ1) is 49.9. The maximum Gasteiger partial charge on any atom is 0.394 e. The van der Waals surface area contributed by atoms with Gasteiger partial charge in [-0.3, -0.25) is 36.4 Å². The number of aliphatic hydroxyl groups excluding tert-OH is 12. The van der Waals surface area contributed by atoms with Gasteiger partial charge in [0.25, 0.3) is 0 Å². The summed E-state index contributed by atoms with van der Waals surface area (Å²) in [6.45, 7) is 0. The maximum atomic E-state index is 8.97. The zero-order chi connectivity index (χ0) is 36.9. The van der Waals surface area contributed by atoms with E-state index in [1.165, 1.54) is 0 Å². The molecule has 0 aliphatic heterocycles. The van der Waals surface area contributed by atoms with Crippen molar-refractivity contribution in [1.82, 2.24) is 0 Å². The van der Waals surface area contributed by atoms with Crippen molar-refractivity contribution in [2.75, 3.05) is 0 Å². The van der Waals surface area contributed by atoms with Gasteiger partial charge in [0.2, 0.25) is 0 Å². The molecule has 28 nitrogen and oxygen atoms in total. The Morgan fingerprint density at radius 3 is 0.250 bits per heavy atom. The highest BCUT2D eigenvalue weighted by Gasteiger charge is 2.48. The first-order valence-corrected chi connectivity index (χ1v) is 15.5. The summed E-state index contributed by atoms with van der Waals surface area (Å²) in [7, 11) is -18.7. The van der Waals surface area contributed by atoms with Crippen LogP contribution in [0.5, 0.6) is 0 Å². The van der Waals surface area contributed by atoms with Crippen molar-refractivity contribution in [1.29, 1.82) is 0 Å². The van der Waals surface area contributed by atoms with Crippen LogP contribution in [0, 0.1) is 0 Å². The molecule has 0 unspecified atom stereocenters. The SMILES string of the molecule is O=S(=O)(O)O.O=S(=O)(O)O.O=S(=O)(O)O.O=S(=O)(O)O.O[C@H]1[C@H](O)[C@@H](O)[C@H](O)[C@@H](O)[C@H]1O.O[C@H]1[C@H](O)[C@@H](O)[C@H](O)[C@@H](O)[C@H]1O. The Kier molecular flexibility index (Phi) is 23.0. The Hall–Kier alpha value is -1.00. The number of aliphatic hydroxyl groups is 12. The topological polar surface area (TPSA) is 541 Å². The molecule has 0 aromatic carbocycles. The molecule has 0 atom stereocenters. The first-order chi connectivity index (χ1) is 18.9. The van der Waals surface area contributed by atoms with Crippen molar-refractivity contribution in [2.24, 2.45) is 0 Å². The van der Waals surface area contributed by atoms with Gasteiger partial charge in [-0.05, 0) is 0 Å². The highest BCUT2D eigenvalue weighted by molar-refractivity contribution is 7.80. The summed E-state index contributed by atoms with van der Waals surface area (Å²) in [4.78, 5) is 0. The molecule has 2 saturated carbocycles. The molecular weight excluding hydrogens is 720 g/mol. The average molecular weight is 753 g/mol. The predicted octanol–water partition coefficient (Wildman–Crippen LogP) is -10.3. The summed E-state index contributed by atoms with van der Waals surface area (Å²) < 4.78 is 126. The van der Waals surface area contributed by atoms with E-state index in [2.05, 4.69) is 0 Å². The molecule has 32 heteroatoms. The van der Waals surface area contributed by atoms with E-state index in [1.54, 1.807) is 0 Å². The molecule has 0 heterocycles. The molecule has 0 aromatic rings. The highest BCUT2D eigenvalue weighted by Crippen LogP contribution is 2.21. The third-order valence-corrected chi connectivity index (χ3v) is 4.20. The van der Waals surface area contributed by atoms with Gasteiger partial charge in [0.05, 0.1) is 0 Å². The number of hydrogen-bond acceptors (Lipinski definition) is 20. The minimum Gasteiger partial charge on any atom is -0.387 e. The highest BCUT2D eigenvalue weighted by atomic mass is 32.3. The zero-order valence-corrected chi connectivity index (χ0v) is 24.0. The average Bonchev–Trinajstić information content (AvgIpc) is 2.77. The summed E-state index contributed by atoms with van der Waals surface area (Å²) in [5, 5.41) is 108. The van der Waals surface area contributed by atoms with Crippen LogP contribution >= 0.6 is 0 Å². The molecule has 2 aliphatic carbocycles. The Morgan fingerprint density at radius 1 is 0.205 bits per heavy atom. The normalized spacial score (nSPS) is 35.5. The van der Waals surface area contributed by atoms with Gasteiger partial charge in [0.15, 0.2) is 0 Å². The van der Waals surface area contributed by atoms with Crippen LogP contribution in [0.1, 0.15) is 0 Å². The summed E-state index contributed by atoms with van der Waals surface area (Å²) in [5.41, 5.74) is 0. The smallest absolute Gasteiger partial charge is 0.387 e. The summed E-state index contributed by atoms with van der Waals surface area (Å²) >= 11 is 0. The van der Waals surface area contributed by atoms with Gasteiger partial charge < -0.3 is 61.3 Å². The summed E-state index contributed by atoms with van der Waals surface area (Å²) in [6.07, 6.45) is -19.7. The van der Waals surface area contributed by atoms with E-state index < -0.39 is 115 Å². The number of hydrogen-bond donors (Lipinski definition) is 20. The molecule has 2 fully saturated rings. The van der Waals surface area contributed by atoms with E-state index in [0.29, 0.717) is 0 Å². The lowest BCUT2D eigenvalue weighted by atomic mass is 9.85. The fourth-order valence-electron chi connectivity index (χ4n) is 2.42. The summed E-state index contributed by atoms with van der Waals surface area (Å²) in [6, 6.07) is 0. The standard InChI is InChI=1S/2C6H12O6.4H2O4S/c2*7-1-2(8)4(10)6(12)5(11)3(1)9;4*1-5(2,3)4/h2*1-12H;4*(H2,1,2,3,4)/t2*1-,2-,3-,4+,5-,6-;;;;. The van der Waals surface area contributed by atoms with Gasteiger partial charge in [0.1, 0.15) is 73.2 Å². The lowest BCUT2D eigenvalue weighted by molar-refractivity contribution is -0.223. The molecule has 2 rings (SSSR count). The monoisotopic (exact) mass is 752 g/mol. The van der Waals surface area contributed by atoms with Crippen LogP contribution in [-0.4, -0.2) is 205 Å². The van der Waals surface area contributed by atoms with Crippen LogP contribution in [0.25, 0.3) is 0 Å². The lowest BCUT2D eigenvalue weighted by Gasteiger charge is -2.39. The minimum absolute atomic E-state index is 1.64. The van der Waals surface area contributed by atoms with E-state index in [-0.39, 0.29) is 0 Å². The quantitative estimate of drug-likeness (QED) is 0.102. The predicted molar refractivity (Wildman–Crippen MR) is 129 cm³/mol. The van der Waals surface area contributed by atoms with Crippen molar-refractivity contribution in [3.63, 3.8) is 0 Å². The zero-order valence-electron chi connectivity index (χ0n) is 20.8. The summed E-state index contributed by atoms with van der Waals surface area (Å²) in [5.74, 6) is 0. The molecule has 44 heavy (non-hydrogen) atoms. The van der Waals surface area contributed by atoms with Gasteiger partial charge >= 0.3 is 41.6 Å². The van der Waals surface area contributed by atoms with Crippen LogP contribution in [0.15, 0.2) is 0 Å². The lowest BCUT2D eigenvalue weighted by Crippen LogP contribution is -2.63. The molecule has 0 amide bonds. The van der Waals surface area contributed by atoms with Gasteiger partial charge in [0, 0.05) is 0 Å². The molecule has 20 N–H and O–H groups in total. The fraction of sp³-hybridized carbons (Fsp3) is 1.00. The minimum atomic E-state index is -4.67. The fourth-order valence-corrected chi connectivity index (χ4v) is 2.42. The van der Waals surface area contributed by atoms with Crippen molar-refractivity contribution in [2.45, 2.75) is 73.2 Å². The van der Waals surface area contributed by atoms with Gasteiger partial charge in [-0.15, -0.1) is 0 Å². The molecule has 0 saturated heterocycles. The Balaban J connectivity index is -0.000000232. The third kappa shape index (κ3) is 29.7. The van der Waals surface area contributed by atoms with Crippen molar-refractivity contribution >= 4 is 41.6 Å². The molecule has 0 bridgehead atoms. The van der Waals surface area contributed by atoms with Crippen LogP contribution in [-0.2, 0) is 41.6 Å². The second-order valence-corrected chi connectivity index (χ2v) is 11.3. The maximum absolute atomic E-state index is 8.97. The van der Waals surface area contributed by atoms with E-state index in [0.717, 1.165) is 0 Å². The van der Waals surface area contributed by atoms with Gasteiger partial charge in [-0.2, -0.15) is 33.7 Å². The van der Waals surface area contributed by atoms with Crippen LogP contribution in [0.4, 0.5) is 0 Å². The van der Waals surface area contributed by atoms with Gasteiger partial charge in [-0.25, -0.2) is 0 Å². The van der Waals surface area contributed by atoms with E-state index in [4.69, 9.17) is 131 Å². The van der Waals surface area contributed by atoms with Crippen LogP contribution < -0.4 is 0 Å². The Labute approximate surface area is 246 Å². The largest absolute Gasteiger partial charge is 0.394 e. The van der Waals surface area contributed by atoms with Crippen molar-refractivity contribution in [3.8, 4) is 0 Å². The second-order valence-electron chi connectivity index (χ2n) is 7.68. The van der Waals surface area contributed by atoms with Crippen LogP contribution in [0.2, 0.25) is 0 Å². The van der Waals surface area contributed by atoms with E-state index in [1.807, 2.05) is 0 Å². The van der Waals surface area contributed by atoms with E-state index >= 15 is 0 Å². The Morgan fingerprint density at radius 2 is 0.227 bits per heavy atom. The molecule has 0 aromatic heterocycles. The van der Waals surface area contributed by atoms with Gasteiger partial charge in [-0.1, -0.05) is 0 Å². The second kappa shape index (κ2) is 20.3. The molecule has 0 radical (unpaired) electrons. The third-order valence-electron chi connectivity index (χ3n) is 4.20. The molecule has 272 valence electrons. The van der Waals surface area contributed by atoms with E-state index in [9.17, 15) is 0 Å². The molecular formula is C12H32O28S4. The molecule has 2 aliphatic rings. The Bertz CT molecular complexity index is 910. The van der Waals surface area contributed by atoms with Crippen molar-refractivity contribution in [3.05, 3.63) is 0 Å².